The van der Waals surface area contributed by atoms with Gasteiger partial charge in [0, 0.05) is 0 Å². The molecule has 1 fully saturated rings. The van der Waals surface area contributed by atoms with Gasteiger partial charge < -0.3 is 23.9 Å². The van der Waals surface area contributed by atoms with Crippen LogP contribution in [-0.4, -0.2) is 43.6 Å². The highest BCUT2D eigenvalue weighted by molar-refractivity contribution is 9.10. The molecule has 0 radical (unpaired) electrons. The van der Waals surface area contributed by atoms with E-state index in [1.807, 2.05) is 6.92 Å². The molecule has 30 heavy (non-hydrogen) atoms. The second-order valence-electron chi connectivity index (χ2n) is 6.10. The molecule has 1 saturated heterocycles. The van der Waals surface area contributed by atoms with Crippen LogP contribution in [0.3, 0.4) is 0 Å². The van der Waals surface area contributed by atoms with E-state index in [4.69, 9.17) is 13.9 Å². The van der Waals surface area contributed by atoms with Gasteiger partial charge in [-0.15, -0.1) is 0 Å². The summed E-state index contributed by atoms with van der Waals surface area (Å²) in [6.45, 7) is 2.15. The molecule has 158 valence electrons. The molecule has 3 rings (SSSR count). The van der Waals surface area contributed by atoms with Gasteiger partial charge in [0.15, 0.2) is 11.5 Å². The summed E-state index contributed by atoms with van der Waals surface area (Å²) in [5, 5.41) is 2.54. The average Bonchev–Trinajstić information content (AvgIpc) is 3.28. The third kappa shape index (κ3) is 4.33. The van der Waals surface area contributed by atoms with Crippen LogP contribution >= 0.6 is 15.9 Å². The standard InChI is InChI=1S/C20H19BrN2O7/c1-4-29-16-9-11(7-13(21)17(16)27-2)8-14-18(24)23(20(26)22-14)10-12-5-6-15(30-12)19(25)28-3/h5-9H,4,10H2,1-3H3,(H,22,26). The molecule has 1 aromatic heterocycles. The zero-order chi connectivity index (χ0) is 21.8. The number of carbonyl (C=O) groups is 3. The van der Waals surface area contributed by atoms with Gasteiger partial charge in [-0.2, -0.15) is 0 Å². The fourth-order valence-electron chi connectivity index (χ4n) is 2.84. The number of amides is 3. The number of ether oxygens (including phenoxy) is 3. The van der Waals surface area contributed by atoms with Gasteiger partial charge >= 0.3 is 12.0 Å². The Morgan fingerprint density at radius 3 is 2.70 bits per heavy atom. The molecule has 9 nitrogen and oxygen atoms in total. The zero-order valence-electron chi connectivity index (χ0n) is 16.5. The first kappa shape index (κ1) is 21.4. The van der Waals surface area contributed by atoms with E-state index >= 15 is 0 Å². The quantitative estimate of drug-likeness (QED) is 0.369. The van der Waals surface area contributed by atoms with Crippen molar-refractivity contribution in [3.05, 3.63) is 51.5 Å². The largest absolute Gasteiger partial charge is 0.492 e. The number of esters is 1. The van der Waals surface area contributed by atoms with Gasteiger partial charge in [-0.3, -0.25) is 9.69 Å². The highest BCUT2D eigenvalue weighted by Gasteiger charge is 2.34. The van der Waals surface area contributed by atoms with E-state index in [1.165, 1.54) is 32.4 Å². The smallest absolute Gasteiger partial charge is 0.373 e. The van der Waals surface area contributed by atoms with E-state index in [0.29, 0.717) is 28.1 Å². The summed E-state index contributed by atoms with van der Waals surface area (Å²) in [6, 6.07) is 5.77. The maximum Gasteiger partial charge on any atom is 0.373 e. The minimum absolute atomic E-state index is 0.0122. The predicted octanol–water partition coefficient (Wildman–Crippen LogP) is 3.33. The molecular weight excluding hydrogens is 460 g/mol. The average molecular weight is 479 g/mol. The molecule has 10 heteroatoms. The molecule has 0 unspecified atom stereocenters. The zero-order valence-corrected chi connectivity index (χ0v) is 18.1. The second-order valence-corrected chi connectivity index (χ2v) is 6.96. The molecule has 1 aliphatic heterocycles. The maximum absolute atomic E-state index is 12.7. The molecule has 0 atom stereocenters. The first-order chi connectivity index (χ1) is 14.4. The van der Waals surface area contributed by atoms with Crippen LogP contribution in [0.15, 0.2) is 38.9 Å². The number of carbonyl (C=O) groups excluding carboxylic acids is 3. The lowest BCUT2D eigenvalue weighted by Gasteiger charge is -2.12. The maximum atomic E-state index is 12.7. The predicted molar refractivity (Wildman–Crippen MR) is 109 cm³/mol. The van der Waals surface area contributed by atoms with Gasteiger partial charge in [-0.25, -0.2) is 9.59 Å². The SMILES string of the molecule is CCOc1cc(C=C2NC(=O)N(Cc3ccc(C(=O)OC)o3)C2=O)cc(Br)c1OC. The number of hydrogen-bond acceptors (Lipinski definition) is 7. The van der Waals surface area contributed by atoms with Crippen molar-refractivity contribution in [2.24, 2.45) is 0 Å². The minimum atomic E-state index is -0.644. The normalized spacial score (nSPS) is 14.8. The van der Waals surface area contributed by atoms with Crippen molar-refractivity contribution in [1.82, 2.24) is 10.2 Å². The van der Waals surface area contributed by atoms with Crippen LogP contribution in [0.4, 0.5) is 4.79 Å². The van der Waals surface area contributed by atoms with Gasteiger partial charge in [-0.05, 0) is 58.8 Å². The monoisotopic (exact) mass is 478 g/mol. The Morgan fingerprint density at radius 2 is 2.03 bits per heavy atom. The molecule has 0 bridgehead atoms. The molecular formula is C20H19BrN2O7. The number of halogens is 1. The van der Waals surface area contributed by atoms with Crippen molar-refractivity contribution in [3.63, 3.8) is 0 Å². The fraction of sp³-hybridized carbons (Fsp3) is 0.250. The number of methoxy groups -OCH3 is 2. The molecule has 1 aliphatic rings. The van der Waals surface area contributed by atoms with E-state index < -0.39 is 17.9 Å². The molecule has 2 aromatic rings. The van der Waals surface area contributed by atoms with E-state index in [1.54, 1.807) is 12.1 Å². The van der Waals surface area contributed by atoms with Crippen molar-refractivity contribution >= 4 is 39.9 Å². The Labute approximate surface area is 180 Å². The van der Waals surface area contributed by atoms with Gasteiger partial charge in [-0.1, -0.05) is 0 Å². The second kappa shape index (κ2) is 9.04. The summed E-state index contributed by atoms with van der Waals surface area (Å²) in [5.74, 6) is 0.116. The summed E-state index contributed by atoms with van der Waals surface area (Å²) < 4.78 is 21.4. The van der Waals surface area contributed by atoms with Crippen LogP contribution in [0.25, 0.3) is 6.08 Å². The van der Waals surface area contributed by atoms with Crippen molar-refractivity contribution in [1.29, 1.82) is 0 Å². The van der Waals surface area contributed by atoms with Crippen LogP contribution in [-0.2, 0) is 16.1 Å². The van der Waals surface area contributed by atoms with Crippen molar-refractivity contribution in [2.75, 3.05) is 20.8 Å². The number of imide groups is 1. The van der Waals surface area contributed by atoms with Crippen LogP contribution in [0, 0.1) is 0 Å². The molecule has 0 aliphatic carbocycles. The van der Waals surface area contributed by atoms with Crippen LogP contribution in [0.2, 0.25) is 0 Å². The summed E-state index contributed by atoms with van der Waals surface area (Å²) in [4.78, 5) is 37.5. The molecule has 1 aromatic carbocycles. The van der Waals surface area contributed by atoms with Crippen LogP contribution in [0.1, 0.15) is 28.8 Å². The molecule has 2 heterocycles. The van der Waals surface area contributed by atoms with E-state index in [-0.39, 0.29) is 23.8 Å². The fourth-order valence-corrected chi connectivity index (χ4v) is 3.46. The van der Waals surface area contributed by atoms with Crippen molar-refractivity contribution < 1.29 is 33.0 Å². The third-order valence-corrected chi connectivity index (χ3v) is 4.76. The number of nitrogens with one attached hydrogen (secondary N) is 1. The Balaban J connectivity index is 1.83. The Kier molecular flexibility index (Phi) is 6.46. The lowest BCUT2D eigenvalue weighted by molar-refractivity contribution is -0.123. The molecule has 1 N–H and O–H groups in total. The Hall–Kier alpha value is -3.27. The molecule has 0 spiro atoms. The third-order valence-electron chi connectivity index (χ3n) is 4.17. The van der Waals surface area contributed by atoms with E-state index in [0.717, 1.165) is 4.90 Å². The summed E-state index contributed by atoms with van der Waals surface area (Å²) in [6.07, 6.45) is 1.54. The number of urea groups is 1. The van der Waals surface area contributed by atoms with E-state index in [9.17, 15) is 14.4 Å². The first-order valence-electron chi connectivity index (χ1n) is 8.89. The number of nitrogens with zero attached hydrogens (tertiary/aromatic N) is 1. The highest BCUT2D eigenvalue weighted by atomic mass is 79.9. The van der Waals surface area contributed by atoms with Gasteiger partial charge in [0.1, 0.15) is 11.5 Å². The Bertz CT molecular complexity index is 1030. The van der Waals surface area contributed by atoms with E-state index in [2.05, 4.69) is 26.0 Å². The molecule has 3 amide bonds. The lowest BCUT2D eigenvalue weighted by atomic mass is 10.1. The first-order valence-corrected chi connectivity index (χ1v) is 9.69. The topological polar surface area (TPSA) is 107 Å². The van der Waals surface area contributed by atoms with Crippen LogP contribution in [0.5, 0.6) is 11.5 Å². The summed E-state index contributed by atoms with van der Waals surface area (Å²) in [5.41, 5.74) is 0.724. The van der Waals surface area contributed by atoms with Crippen molar-refractivity contribution in [3.8, 4) is 11.5 Å². The van der Waals surface area contributed by atoms with Gasteiger partial charge in [0.25, 0.3) is 5.91 Å². The highest BCUT2D eigenvalue weighted by Crippen LogP contribution is 2.37. The summed E-state index contributed by atoms with van der Waals surface area (Å²) >= 11 is 3.41. The van der Waals surface area contributed by atoms with Gasteiger partial charge in [0.2, 0.25) is 5.76 Å². The van der Waals surface area contributed by atoms with Crippen LogP contribution < -0.4 is 14.8 Å². The number of furan rings is 1. The summed E-state index contributed by atoms with van der Waals surface area (Å²) in [7, 11) is 2.76. The minimum Gasteiger partial charge on any atom is -0.492 e. The number of rotatable bonds is 7. The number of benzene rings is 1. The lowest BCUT2D eigenvalue weighted by Crippen LogP contribution is -2.30. The number of hydrogen-bond donors (Lipinski definition) is 1. The van der Waals surface area contributed by atoms with Crippen molar-refractivity contribution in [2.45, 2.75) is 13.5 Å². The van der Waals surface area contributed by atoms with Gasteiger partial charge in [0.05, 0.1) is 31.8 Å². The molecule has 0 saturated carbocycles. The Morgan fingerprint density at radius 1 is 1.27 bits per heavy atom.